The summed E-state index contributed by atoms with van der Waals surface area (Å²) in [6.07, 6.45) is 0. The molecular weight excluding hydrogens is 288 g/mol. The predicted molar refractivity (Wildman–Crippen MR) is 78.8 cm³/mol. The van der Waals surface area contributed by atoms with Crippen LogP contribution < -0.4 is 16.2 Å². The summed E-state index contributed by atoms with van der Waals surface area (Å²) in [5.74, 6) is -1.34. The number of anilines is 1. The van der Waals surface area contributed by atoms with Gasteiger partial charge in [0, 0.05) is 12.2 Å². The zero-order valence-corrected chi connectivity index (χ0v) is 11.6. The van der Waals surface area contributed by atoms with Crippen LogP contribution in [0.1, 0.15) is 11.6 Å². The molecule has 1 aliphatic rings. The number of nitrogens with one attached hydrogen (secondary N) is 3. The van der Waals surface area contributed by atoms with Crippen LogP contribution in [-0.4, -0.2) is 12.5 Å². The Labute approximate surface area is 126 Å². The van der Waals surface area contributed by atoms with Crippen LogP contribution in [0.5, 0.6) is 0 Å². The van der Waals surface area contributed by atoms with Gasteiger partial charge < -0.3 is 5.32 Å². The number of carbonyl (C=O) groups is 1. The first-order chi connectivity index (χ1) is 10.6. The highest BCUT2D eigenvalue weighted by molar-refractivity contribution is 5.93. The number of rotatable bonds is 3. The second-order valence-corrected chi connectivity index (χ2v) is 5.16. The first kappa shape index (κ1) is 14.6. The molecule has 4 nitrogen and oxygen atoms in total. The van der Waals surface area contributed by atoms with Crippen LogP contribution in [0, 0.1) is 17.6 Å². The summed E-state index contributed by atoms with van der Waals surface area (Å²) < 4.78 is 26.2. The molecule has 6 heteroatoms. The molecule has 3 N–H and O–H groups in total. The first-order valence-corrected chi connectivity index (χ1v) is 6.94. The highest BCUT2D eigenvalue weighted by Crippen LogP contribution is 2.26. The van der Waals surface area contributed by atoms with E-state index >= 15 is 0 Å². The minimum absolute atomic E-state index is 0.225. The lowest BCUT2D eigenvalue weighted by Gasteiger charge is -2.18. The molecule has 1 amide bonds. The van der Waals surface area contributed by atoms with Crippen molar-refractivity contribution in [2.45, 2.75) is 6.04 Å². The molecule has 0 aromatic heterocycles. The Morgan fingerprint density at radius 1 is 1.09 bits per heavy atom. The Balaban J connectivity index is 1.75. The maximum Gasteiger partial charge on any atom is 0.230 e. The van der Waals surface area contributed by atoms with Crippen molar-refractivity contribution in [1.29, 1.82) is 0 Å². The average molecular weight is 303 g/mol. The van der Waals surface area contributed by atoms with Crippen LogP contribution in [0.3, 0.4) is 0 Å². The number of carbonyl (C=O) groups excluding carboxylic acids is 1. The molecule has 22 heavy (non-hydrogen) atoms. The van der Waals surface area contributed by atoms with Crippen molar-refractivity contribution in [3.8, 4) is 0 Å². The lowest BCUT2D eigenvalue weighted by molar-refractivity contribution is -0.119. The van der Waals surface area contributed by atoms with E-state index in [-0.39, 0.29) is 23.7 Å². The quantitative estimate of drug-likeness (QED) is 0.816. The molecule has 2 unspecified atom stereocenters. The van der Waals surface area contributed by atoms with Gasteiger partial charge in [-0.2, -0.15) is 0 Å². The second-order valence-electron chi connectivity index (χ2n) is 5.16. The van der Waals surface area contributed by atoms with Gasteiger partial charge in [0.2, 0.25) is 5.91 Å². The van der Waals surface area contributed by atoms with Crippen LogP contribution in [0.15, 0.2) is 48.5 Å². The van der Waals surface area contributed by atoms with E-state index < -0.39 is 5.82 Å². The molecule has 2 aromatic carbocycles. The van der Waals surface area contributed by atoms with Crippen molar-refractivity contribution < 1.29 is 13.6 Å². The highest BCUT2D eigenvalue weighted by Gasteiger charge is 2.34. The van der Waals surface area contributed by atoms with E-state index in [4.69, 9.17) is 0 Å². The fourth-order valence-corrected chi connectivity index (χ4v) is 2.53. The lowest BCUT2D eigenvalue weighted by Crippen LogP contribution is -2.29. The van der Waals surface area contributed by atoms with Crippen molar-refractivity contribution in [3.05, 3.63) is 65.7 Å². The van der Waals surface area contributed by atoms with E-state index in [2.05, 4.69) is 16.2 Å². The Hall–Kier alpha value is -2.31. The molecule has 0 aliphatic carbocycles. The Bertz CT molecular complexity index is 675. The first-order valence-electron chi connectivity index (χ1n) is 6.94. The van der Waals surface area contributed by atoms with Gasteiger partial charge in [0.25, 0.3) is 0 Å². The monoisotopic (exact) mass is 303 g/mol. The third-order valence-electron chi connectivity index (χ3n) is 3.64. The lowest BCUT2D eigenvalue weighted by atomic mass is 9.94. The Kier molecular flexibility index (Phi) is 4.13. The van der Waals surface area contributed by atoms with Gasteiger partial charge in [0.15, 0.2) is 0 Å². The molecule has 2 atom stereocenters. The molecular formula is C16H15F2N3O. The zero-order valence-electron chi connectivity index (χ0n) is 11.6. The van der Waals surface area contributed by atoms with E-state index in [0.717, 1.165) is 5.56 Å². The molecule has 1 fully saturated rings. The molecule has 0 spiro atoms. The van der Waals surface area contributed by atoms with Crippen LogP contribution in [0.2, 0.25) is 0 Å². The summed E-state index contributed by atoms with van der Waals surface area (Å²) >= 11 is 0. The van der Waals surface area contributed by atoms with Crippen molar-refractivity contribution in [3.63, 3.8) is 0 Å². The topological polar surface area (TPSA) is 53.2 Å². The number of amides is 1. The Morgan fingerprint density at radius 3 is 2.59 bits per heavy atom. The van der Waals surface area contributed by atoms with Crippen molar-refractivity contribution in [2.24, 2.45) is 5.92 Å². The van der Waals surface area contributed by atoms with E-state index in [9.17, 15) is 13.6 Å². The molecule has 3 rings (SSSR count). The maximum atomic E-state index is 13.2. The van der Waals surface area contributed by atoms with Gasteiger partial charge in [-0.1, -0.05) is 18.2 Å². The summed E-state index contributed by atoms with van der Waals surface area (Å²) in [7, 11) is 0. The van der Waals surface area contributed by atoms with E-state index in [0.29, 0.717) is 12.2 Å². The average Bonchev–Trinajstić information content (AvgIpc) is 2.97. The van der Waals surface area contributed by atoms with Gasteiger partial charge in [0.05, 0.1) is 12.0 Å². The van der Waals surface area contributed by atoms with E-state index in [1.54, 1.807) is 18.2 Å². The number of halogens is 2. The second kappa shape index (κ2) is 6.21. The molecule has 0 bridgehead atoms. The van der Waals surface area contributed by atoms with E-state index in [1.165, 1.54) is 30.3 Å². The summed E-state index contributed by atoms with van der Waals surface area (Å²) in [5.41, 5.74) is 7.17. The van der Waals surface area contributed by atoms with Crippen LogP contribution in [0.4, 0.5) is 14.5 Å². The maximum absolute atomic E-state index is 13.2. The molecule has 1 heterocycles. The predicted octanol–water partition coefficient (Wildman–Crippen LogP) is 2.37. The Morgan fingerprint density at radius 2 is 1.86 bits per heavy atom. The number of benzene rings is 2. The molecule has 2 aromatic rings. The third-order valence-corrected chi connectivity index (χ3v) is 3.64. The standard InChI is InChI=1S/C16H15F2N3O/c17-11-6-4-10(5-7-11)15-14(9-19-21-15)16(22)20-13-3-1-2-12(18)8-13/h1-8,14-15,19,21H,9H2,(H,20,22). The SMILES string of the molecule is O=C(Nc1cccc(F)c1)C1CNNC1c1ccc(F)cc1. The van der Waals surface area contributed by atoms with E-state index in [1.807, 2.05) is 0 Å². The number of hydrogen-bond donors (Lipinski definition) is 3. The van der Waals surface area contributed by atoms with Gasteiger partial charge in [-0.25, -0.2) is 14.2 Å². The fraction of sp³-hybridized carbons (Fsp3) is 0.188. The van der Waals surface area contributed by atoms with Gasteiger partial charge in [-0.05, 0) is 35.9 Å². The smallest absolute Gasteiger partial charge is 0.230 e. The minimum Gasteiger partial charge on any atom is -0.326 e. The summed E-state index contributed by atoms with van der Waals surface area (Å²) in [4.78, 5) is 12.4. The zero-order chi connectivity index (χ0) is 15.5. The minimum atomic E-state index is -0.407. The molecule has 1 aliphatic heterocycles. The molecule has 114 valence electrons. The summed E-state index contributed by atoms with van der Waals surface area (Å²) in [5, 5.41) is 2.70. The third kappa shape index (κ3) is 3.13. The van der Waals surface area contributed by atoms with Crippen molar-refractivity contribution in [1.82, 2.24) is 10.9 Å². The number of hydrogen-bond acceptors (Lipinski definition) is 3. The van der Waals surface area contributed by atoms with Gasteiger partial charge >= 0.3 is 0 Å². The van der Waals surface area contributed by atoms with Crippen molar-refractivity contribution >= 4 is 11.6 Å². The summed E-state index contributed by atoms with van der Waals surface area (Å²) in [6.45, 7) is 0.434. The molecule has 0 saturated carbocycles. The van der Waals surface area contributed by atoms with Crippen molar-refractivity contribution in [2.75, 3.05) is 11.9 Å². The van der Waals surface area contributed by atoms with Gasteiger partial charge in [-0.3, -0.25) is 10.2 Å². The van der Waals surface area contributed by atoms with Gasteiger partial charge in [0.1, 0.15) is 11.6 Å². The molecule has 1 saturated heterocycles. The number of hydrazine groups is 1. The highest BCUT2D eigenvalue weighted by atomic mass is 19.1. The largest absolute Gasteiger partial charge is 0.326 e. The van der Waals surface area contributed by atoms with Crippen LogP contribution in [-0.2, 0) is 4.79 Å². The van der Waals surface area contributed by atoms with Gasteiger partial charge in [-0.15, -0.1) is 0 Å². The summed E-state index contributed by atoms with van der Waals surface area (Å²) in [6, 6.07) is 11.5. The van der Waals surface area contributed by atoms with Crippen LogP contribution in [0.25, 0.3) is 0 Å². The normalized spacial score (nSPS) is 20.8. The molecule has 0 radical (unpaired) electrons. The fourth-order valence-electron chi connectivity index (χ4n) is 2.53. The van der Waals surface area contributed by atoms with Crippen LogP contribution >= 0.6 is 0 Å².